The topological polar surface area (TPSA) is 177 Å². The van der Waals surface area contributed by atoms with Crippen molar-refractivity contribution in [1.29, 1.82) is 0 Å². The van der Waals surface area contributed by atoms with Crippen molar-refractivity contribution < 1.29 is 43.3 Å². The lowest BCUT2D eigenvalue weighted by atomic mass is 10.1. The number of hydrogen-bond donors (Lipinski definition) is 4. The smallest absolute Gasteiger partial charge is 0.349 e. The third-order valence-corrected chi connectivity index (χ3v) is 5.59. The molecule has 0 aliphatic heterocycles. The Labute approximate surface area is 234 Å². The van der Waals surface area contributed by atoms with Crippen LogP contribution in [-0.2, 0) is 23.9 Å². The van der Waals surface area contributed by atoms with Crippen molar-refractivity contribution in [2.45, 2.75) is 33.0 Å². The van der Waals surface area contributed by atoms with Gasteiger partial charge in [0.25, 0.3) is 11.8 Å². The standard InChI is InChI=1S/C29H27N3O9/c1-16-4-8-20(9-5-16)28(38)40-23(24(27(36)37)41-29(39)21-10-6-17(2)7-11-21)26(35)32-31-25(34)19-12-14-22(15-13-19)30-18(3)33/h4-15,23-24H,1-3H3,(H,30,33)(H,31,34)(H,32,35)(H,36,37)/t23-,24-/m1/s1. The summed E-state index contributed by atoms with van der Waals surface area (Å²) in [4.78, 5) is 74.4. The van der Waals surface area contributed by atoms with Gasteiger partial charge < -0.3 is 19.9 Å². The number of aliphatic carboxylic acids is 1. The number of esters is 2. The summed E-state index contributed by atoms with van der Waals surface area (Å²) in [7, 11) is 0. The molecule has 0 heterocycles. The van der Waals surface area contributed by atoms with Crippen LogP contribution in [0, 0.1) is 13.8 Å². The summed E-state index contributed by atoms with van der Waals surface area (Å²) < 4.78 is 10.3. The molecule has 12 heteroatoms. The molecule has 3 amide bonds. The average Bonchev–Trinajstić information content (AvgIpc) is 2.93. The van der Waals surface area contributed by atoms with Gasteiger partial charge in [-0.2, -0.15) is 0 Å². The number of anilines is 1. The quantitative estimate of drug-likeness (QED) is 0.226. The van der Waals surface area contributed by atoms with Crippen molar-refractivity contribution in [2.24, 2.45) is 0 Å². The summed E-state index contributed by atoms with van der Waals surface area (Å²) in [5, 5.41) is 12.4. The molecule has 0 saturated heterocycles. The van der Waals surface area contributed by atoms with Crippen LogP contribution in [0.2, 0.25) is 0 Å². The van der Waals surface area contributed by atoms with Gasteiger partial charge in [0, 0.05) is 18.2 Å². The maximum atomic E-state index is 13.1. The molecule has 3 aromatic carbocycles. The number of carboxylic acid groups (broad SMARTS) is 1. The van der Waals surface area contributed by atoms with Gasteiger partial charge in [0.2, 0.25) is 18.1 Å². The Morgan fingerprint density at radius 2 is 1.07 bits per heavy atom. The highest BCUT2D eigenvalue weighted by atomic mass is 16.6. The third-order valence-electron chi connectivity index (χ3n) is 5.59. The Morgan fingerprint density at radius 3 is 1.51 bits per heavy atom. The van der Waals surface area contributed by atoms with Crippen LogP contribution in [0.5, 0.6) is 0 Å². The zero-order chi connectivity index (χ0) is 30.1. The van der Waals surface area contributed by atoms with Crippen LogP contribution in [0.15, 0.2) is 72.8 Å². The van der Waals surface area contributed by atoms with Crippen LogP contribution >= 0.6 is 0 Å². The summed E-state index contributed by atoms with van der Waals surface area (Å²) in [5.74, 6) is -6.32. The molecule has 0 spiro atoms. The van der Waals surface area contributed by atoms with Crippen LogP contribution in [0.1, 0.15) is 49.1 Å². The first-order valence-corrected chi connectivity index (χ1v) is 12.2. The van der Waals surface area contributed by atoms with Gasteiger partial charge in [0.15, 0.2) is 0 Å². The predicted molar refractivity (Wildman–Crippen MR) is 145 cm³/mol. The number of ether oxygens (including phenoxy) is 2. The first kappa shape index (κ1) is 30.0. The van der Waals surface area contributed by atoms with E-state index in [4.69, 9.17) is 9.47 Å². The van der Waals surface area contributed by atoms with E-state index in [2.05, 4.69) is 10.7 Å². The maximum Gasteiger partial charge on any atom is 0.349 e. The zero-order valence-electron chi connectivity index (χ0n) is 22.3. The largest absolute Gasteiger partial charge is 0.478 e. The molecule has 0 fully saturated rings. The van der Waals surface area contributed by atoms with Crippen LogP contribution in [0.4, 0.5) is 5.69 Å². The SMILES string of the molecule is CC(=O)Nc1ccc(C(=O)NNC(=O)[C@H](OC(=O)c2ccc(C)cc2)[C@@H](OC(=O)c2ccc(C)cc2)C(=O)O)cc1. The molecule has 0 aliphatic carbocycles. The lowest BCUT2D eigenvalue weighted by molar-refractivity contribution is -0.159. The number of benzene rings is 3. The number of carboxylic acids is 1. The summed E-state index contributed by atoms with van der Waals surface area (Å²) in [5.41, 5.74) is 6.29. The Bertz CT molecular complexity index is 1450. The highest BCUT2D eigenvalue weighted by Crippen LogP contribution is 2.15. The van der Waals surface area contributed by atoms with Gasteiger partial charge in [-0.3, -0.25) is 25.2 Å². The highest BCUT2D eigenvalue weighted by Gasteiger charge is 2.41. The monoisotopic (exact) mass is 561 g/mol. The number of amides is 3. The van der Waals surface area contributed by atoms with E-state index in [-0.39, 0.29) is 22.6 Å². The van der Waals surface area contributed by atoms with Gasteiger partial charge in [-0.15, -0.1) is 0 Å². The second-order valence-electron chi connectivity index (χ2n) is 8.92. The summed E-state index contributed by atoms with van der Waals surface area (Å²) >= 11 is 0. The molecule has 0 aromatic heterocycles. The Hall–Kier alpha value is -5.52. The molecule has 0 radical (unpaired) electrons. The predicted octanol–water partition coefficient (Wildman–Crippen LogP) is 2.56. The number of carbonyl (C=O) groups is 6. The van der Waals surface area contributed by atoms with Crippen LogP contribution < -0.4 is 16.2 Å². The van der Waals surface area contributed by atoms with Gasteiger partial charge in [-0.25, -0.2) is 14.4 Å². The molecular formula is C29H27N3O9. The van der Waals surface area contributed by atoms with E-state index in [0.717, 1.165) is 11.1 Å². The zero-order valence-corrected chi connectivity index (χ0v) is 22.3. The molecule has 0 saturated carbocycles. The van der Waals surface area contributed by atoms with Gasteiger partial charge in [0.05, 0.1) is 11.1 Å². The van der Waals surface area contributed by atoms with Crippen molar-refractivity contribution in [3.8, 4) is 0 Å². The first-order valence-electron chi connectivity index (χ1n) is 12.2. The highest BCUT2D eigenvalue weighted by molar-refractivity contribution is 5.99. The Kier molecular flexibility index (Phi) is 9.90. The molecule has 3 rings (SSSR count). The molecular weight excluding hydrogens is 534 g/mol. The van der Waals surface area contributed by atoms with Crippen LogP contribution in [0.25, 0.3) is 0 Å². The van der Waals surface area contributed by atoms with Gasteiger partial charge in [0.1, 0.15) is 0 Å². The first-order chi connectivity index (χ1) is 19.4. The molecule has 2 atom stereocenters. The fourth-order valence-corrected chi connectivity index (χ4v) is 3.41. The summed E-state index contributed by atoms with van der Waals surface area (Å²) in [6.07, 6.45) is -4.47. The molecule has 4 N–H and O–H groups in total. The molecule has 12 nitrogen and oxygen atoms in total. The van der Waals surface area contributed by atoms with Crippen molar-refractivity contribution >= 4 is 41.3 Å². The van der Waals surface area contributed by atoms with Crippen molar-refractivity contribution in [2.75, 3.05) is 5.32 Å². The number of carbonyl (C=O) groups excluding carboxylic acids is 5. The fraction of sp³-hybridized carbons (Fsp3) is 0.172. The van der Waals surface area contributed by atoms with Crippen molar-refractivity contribution in [3.63, 3.8) is 0 Å². The number of rotatable bonds is 9. The number of aryl methyl sites for hydroxylation is 2. The summed E-state index contributed by atoms with van der Waals surface area (Å²) in [6.45, 7) is 4.89. The molecule has 212 valence electrons. The minimum absolute atomic E-state index is 0.00174. The van der Waals surface area contributed by atoms with Crippen molar-refractivity contribution in [1.82, 2.24) is 10.9 Å². The minimum atomic E-state index is -2.27. The van der Waals surface area contributed by atoms with E-state index in [0.29, 0.717) is 5.69 Å². The van der Waals surface area contributed by atoms with Crippen LogP contribution in [0.3, 0.4) is 0 Å². The number of hydrogen-bond acceptors (Lipinski definition) is 8. The third kappa shape index (κ3) is 8.48. The van der Waals surface area contributed by atoms with Gasteiger partial charge in [-0.1, -0.05) is 35.4 Å². The minimum Gasteiger partial charge on any atom is -0.478 e. The second kappa shape index (κ2) is 13.5. The maximum absolute atomic E-state index is 13.1. The molecule has 41 heavy (non-hydrogen) atoms. The normalized spacial score (nSPS) is 11.8. The van der Waals surface area contributed by atoms with Gasteiger partial charge in [-0.05, 0) is 62.4 Å². The Morgan fingerprint density at radius 1 is 0.634 bits per heavy atom. The average molecular weight is 562 g/mol. The van der Waals surface area contributed by atoms with E-state index in [1.165, 1.54) is 55.5 Å². The lowest BCUT2D eigenvalue weighted by Crippen LogP contribution is -2.54. The molecule has 0 bridgehead atoms. The van der Waals surface area contributed by atoms with Crippen molar-refractivity contribution in [3.05, 3.63) is 101 Å². The molecule has 0 unspecified atom stereocenters. The van der Waals surface area contributed by atoms with E-state index < -0.39 is 41.9 Å². The fourth-order valence-electron chi connectivity index (χ4n) is 3.41. The lowest BCUT2D eigenvalue weighted by Gasteiger charge is -2.23. The molecule has 3 aromatic rings. The summed E-state index contributed by atoms with van der Waals surface area (Å²) in [6, 6.07) is 17.7. The van der Waals surface area contributed by atoms with E-state index in [9.17, 15) is 33.9 Å². The number of nitrogens with one attached hydrogen (secondary N) is 3. The second-order valence-corrected chi connectivity index (χ2v) is 8.92. The Balaban J connectivity index is 1.81. The van der Waals surface area contributed by atoms with E-state index in [1.807, 2.05) is 5.43 Å². The molecule has 0 aliphatic rings. The van der Waals surface area contributed by atoms with E-state index >= 15 is 0 Å². The van der Waals surface area contributed by atoms with E-state index in [1.54, 1.807) is 38.1 Å². The van der Waals surface area contributed by atoms with Gasteiger partial charge >= 0.3 is 17.9 Å². The van der Waals surface area contributed by atoms with Crippen LogP contribution in [-0.4, -0.2) is 52.9 Å². The number of hydrazine groups is 1.